The molecule has 1 aromatic rings. The maximum Gasteiger partial charge on any atom is 0.308 e. The smallest absolute Gasteiger partial charge is 0.308 e. The van der Waals surface area contributed by atoms with Crippen molar-refractivity contribution in [1.82, 2.24) is 5.32 Å². The zero-order chi connectivity index (χ0) is 21.5. The molecule has 1 aromatic carbocycles. The number of halogens is 4. The lowest BCUT2D eigenvalue weighted by Gasteiger charge is -2.46. The maximum absolute atomic E-state index is 15.4. The van der Waals surface area contributed by atoms with Crippen LogP contribution in [-0.4, -0.2) is 33.1 Å². The Bertz CT molecular complexity index is 735. The Morgan fingerprint density at radius 1 is 1.25 bits per heavy atom. The zero-order valence-electron chi connectivity index (χ0n) is 17.2. The van der Waals surface area contributed by atoms with Crippen LogP contribution in [0.15, 0.2) is 36.7 Å². The minimum Gasteiger partial charge on any atom is -0.467 e. The van der Waals surface area contributed by atoms with Gasteiger partial charge in [0.15, 0.2) is 26.5 Å². The SMILES string of the molecule is C=C1N[C@](C)(c2ccccc2F)[C@@H](F)[C@@H](C(F)(F)CO[Si](C)(C)C(C)(C)C)O1. The molecule has 1 heterocycles. The van der Waals surface area contributed by atoms with Gasteiger partial charge < -0.3 is 14.5 Å². The van der Waals surface area contributed by atoms with Gasteiger partial charge >= 0.3 is 5.92 Å². The number of hydrogen-bond acceptors (Lipinski definition) is 3. The van der Waals surface area contributed by atoms with E-state index in [0.717, 1.165) is 6.07 Å². The molecule has 0 aliphatic carbocycles. The van der Waals surface area contributed by atoms with Crippen molar-refractivity contribution < 1.29 is 26.7 Å². The van der Waals surface area contributed by atoms with Crippen molar-refractivity contribution >= 4 is 8.32 Å². The van der Waals surface area contributed by atoms with Crippen LogP contribution in [0.5, 0.6) is 0 Å². The number of alkyl halides is 3. The first-order valence-corrected chi connectivity index (χ1v) is 12.1. The third-order valence-corrected chi connectivity index (χ3v) is 10.2. The Morgan fingerprint density at radius 3 is 2.36 bits per heavy atom. The lowest BCUT2D eigenvalue weighted by Crippen LogP contribution is -2.63. The number of nitrogens with one attached hydrogen (secondary N) is 1. The third-order valence-electron chi connectivity index (χ3n) is 5.77. The van der Waals surface area contributed by atoms with Gasteiger partial charge in [-0.15, -0.1) is 0 Å². The normalized spacial score (nSPS) is 26.6. The van der Waals surface area contributed by atoms with Crippen molar-refractivity contribution in [2.24, 2.45) is 0 Å². The molecule has 1 fully saturated rings. The second-order valence-corrected chi connectivity index (χ2v) is 13.8. The summed E-state index contributed by atoms with van der Waals surface area (Å²) in [6, 6.07) is 5.47. The van der Waals surface area contributed by atoms with Crippen LogP contribution in [0, 0.1) is 5.82 Å². The Hall–Kier alpha value is -1.54. The summed E-state index contributed by atoms with van der Waals surface area (Å²) in [6.45, 7) is 13.3. The Balaban J connectivity index is 2.31. The molecule has 8 heteroatoms. The van der Waals surface area contributed by atoms with Crippen LogP contribution < -0.4 is 5.32 Å². The number of benzene rings is 1. The van der Waals surface area contributed by atoms with E-state index in [9.17, 15) is 13.2 Å². The molecule has 2 rings (SSSR count). The zero-order valence-corrected chi connectivity index (χ0v) is 18.2. The number of ether oxygens (including phenoxy) is 1. The van der Waals surface area contributed by atoms with Gasteiger partial charge in [-0.1, -0.05) is 39.0 Å². The summed E-state index contributed by atoms with van der Waals surface area (Å²) in [6.07, 6.45) is -4.40. The van der Waals surface area contributed by atoms with Crippen LogP contribution in [-0.2, 0) is 14.7 Å². The summed E-state index contributed by atoms with van der Waals surface area (Å²) in [5, 5.41) is 2.32. The Kier molecular flexibility index (Phi) is 5.99. The molecule has 1 aliphatic rings. The van der Waals surface area contributed by atoms with Crippen LogP contribution in [0.3, 0.4) is 0 Å². The molecule has 1 saturated heterocycles. The predicted octanol–water partition coefficient (Wildman–Crippen LogP) is 5.50. The molecule has 1 aliphatic heterocycles. The lowest BCUT2D eigenvalue weighted by molar-refractivity contribution is -0.196. The first-order valence-electron chi connectivity index (χ1n) is 9.16. The van der Waals surface area contributed by atoms with E-state index in [0.29, 0.717) is 0 Å². The van der Waals surface area contributed by atoms with Crippen LogP contribution in [0.1, 0.15) is 33.3 Å². The molecular formula is C20H29F4NO2Si. The van der Waals surface area contributed by atoms with Crippen molar-refractivity contribution in [2.45, 2.75) is 69.6 Å². The van der Waals surface area contributed by atoms with Gasteiger partial charge in [-0.25, -0.2) is 8.78 Å². The minimum atomic E-state index is -3.63. The van der Waals surface area contributed by atoms with Crippen LogP contribution in [0.2, 0.25) is 18.1 Å². The Labute approximate surface area is 165 Å². The van der Waals surface area contributed by atoms with Gasteiger partial charge in [0, 0.05) is 5.56 Å². The molecule has 28 heavy (non-hydrogen) atoms. The van der Waals surface area contributed by atoms with Crippen molar-refractivity contribution in [3.8, 4) is 0 Å². The number of rotatable bonds is 5. The van der Waals surface area contributed by atoms with E-state index in [1.54, 1.807) is 0 Å². The van der Waals surface area contributed by atoms with E-state index >= 15 is 4.39 Å². The molecule has 3 atom stereocenters. The minimum absolute atomic E-state index is 0.0712. The van der Waals surface area contributed by atoms with E-state index in [4.69, 9.17) is 9.16 Å². The summed E-state index contributed by atoms with van der Waals surface area (Å²) in [5.41, 5.74) is -1.83. The van der Waals surface area contributed by atoms with Crippen LogP contribution >= 0.6 is 0 Å². The summed E-state index contributed by atoms with van der Waals surface area (Å²) in [7, 11) is -2.48. The average Bonchev–Trinajstić information content (AvgIpc) is 2.55. The maximum atomic E-state index is 15.4. The summed E-state index contributed by atoms with van der Waals surface area (Å²) >= 11 is 0. The van der Waals surface area contributed by atoms with Crippen LogP contribution in [0.25, 0.3) is 0 Å². The van der Waals surface area contributed by atoms with Crippen molar-refractivity contribution in [3.63, 3.8) is 0 Å². The first-order chi connectivity index (χ1) is 12.6. The van der Waals surface area contributed by atoms with Crippen molar-refractivity contribution in [3.05, 3.63) is 48.1 Å². The highest BCUT2D eigenvalue weighted by molar-refractivity contribution is 6.74. The molecule has 3 nitrogen and oxygen atoms in total. The second-order valence-electron chi connectivity index (χ2n) is 8.98. The van der Waals surface area contributed by atoms with Gasteiger partial charge in [0.1, 0.15) is 18.0 Å². The van der Waals surface area contributed by atoms with Crippen LogP contribution in [0.4, 0.5) is 17.6 Å². The fourth-order valence-electron chi connectivity index (χ4n) is 2.88. The summed E-state index contributed by atoms with van der Waals surface area (Å²) < 4.78 is 70.3. The molecule has 0 bridgehead atoms. The monoisotopic (exact) mass is 419 g/mol. The highest BCUT2D eigenvalue weighted by Crippen LogP contribution is 2.43. The molecule has 0 amide bonds. The van der Waals surface area contributed by atoms with Gasteiger partial charge in [-0.3, -0.25) is 0 Å². The van der Waals surface area contributed by atoms with Crippen molar-refractivity contribution in [2.75, 3.05) is 6.61 Å². The fourth-order valence-corrected chi connectivity index (χ4v) is 3.86. The molecule has 0 saturated carbocycles. The molecule has 0 radical (unpaired) electrons. The van der Waals surface area contributed by atoms with E-state index in [1.165, 1.54) is 25.1 Å². The van der Waals surface area contributed by atoms with E-state index in [1.807, 2.05) is 33.9 Å². The van der Waals surface area contributed by atoms with Crippen molar-refractivity contribution in [1.29, 1.82) is 0 Å². The van der Waals surface area contributed by atoms with Gasteiger partial charge in [0.2, 0.25) is 0 Å². The van der Waals surface area contributed by atoms with E-state index in [-0.39, 0.29) is 16.5 Å². The lowest BCUT2D eigenvalue weighted by atomic mass is 9.81. The van der Waals surface area contributed by atoms with Gasteiger partial charge in [-0.05, 0) is 37.7 Å². The molecule has 1 N–H and O–H groups in total. The standard InChI is InChI=1S/C20H29F4NO2Si/c1-13-25-19(5,14-10-8-9-11-15(14)21)16(22)17(27-13)20(23,24)12-26-28(6,7)18(2,3)4/h8-11,16-17,25H,1,12H2,2-7H3/t16-,17-,19+/m0/s1. The first kappa shape index (κ1) is 22.7. The second kappa shape index (κ2) is 7.37. The average molecular weight is 420 g/mol. The molecule has 158 valence electrons. The largest absolute Gasteiger partial charge is 0.467 e. The van der Waals surface area contributed by atoms with Gasteiger partial charge in [-0.2, -0.15) is 8.78 Å². The Morgan fingerprint density at radius 2 is 1.82 bits per heavy atom. The third kappa shape index (κ3) is 4.22. The molecule has 0 aromatic heterocycles. The topological polar surface area (TPSA) is 30.5 Å². The fraction of sp³-hybridized carbons (Fsp3) is 0.600. The molecular weight excluding hydrogens is 390 g/mol. The van der Waals surface area contributed by atoms with Gasteiger partial charge in [0.25, 0.3) is 0 Å². The van der Waals surface area contributed by atoms with Gasteiger partial charge in [0.05, 0.1) is 0 Å². The highest BCUT2D eigenvalue weighted by atomic mass is 28.4. The quantitative estimate of drug-likeness (QED) is 0.505. The molecule has 0 unspecified atom stereocenters. The highest BCUT2D eigenvalue weighted by Gasteiger charge is 2.58. The number of hydrogen-bond donors (Lipinski definition) is 1. The predicted molar refractivity (Wildman–Crippen MR) is 104 cm³/mol. The molecule has 0 spiro atoms. The summed E-state index contributed by atoms with van der Waals surface area (Å²) in [5.74, 6) is -4.57. The van der Waals surface area contributed by atoms with E-state index in [2.05, 4.69) is 11.9 Å². The van der Waals surface area contributed by atoms with E-state index < -0.39 is 44.5 Å². The summed E-state index contributed by atoms with van der Waals surface area (Å²) in [4.78, 5) is 0.